The fourth-order valence-corrected chi connectivity index (χ4v) is 3.97. The van der Waals surface area contributed by atoms with Gasteiger partial charge in [0.15, 0.2) is 0 Å². The van der Waals surface area contributed by atoms with E-state index in [9.17, 15) is 4.79 Å². The summed E-state index contributed by atoms with van der Waals surface area (Å²) in [5, 5.41) is 1.03. The maximum Gasteiger partial charge on any atom is 0.254 e. The van der Waals surface area contributed by atoms with Crippen molar-refractivity contribution in [3.63, 3.8) is 0 Å². The van der Waals surface area contributed by atoms with Crippen LogP contribution in [0.3, 0.4) is 0 Å². The highest BCUT2D eigenvalue weighted by atomic mass is 79.9. The van der Waals surface area contributed by atoms with Crippen LogP contribution >= 0.6 is 15.9 Å². The first-order chi connectivity index (χ1) is 12.0. The molecule has 0 atom stereocenters. The Morgan fingerprint density at radius 3 is 2.52 bits per heavy atom. The lowest BCUT2D eigenvalue weighted by molar-refractivity contribution is 0.359. The molecule has 0 bridgehead atoms. The molecule has 1 heterocycles. The van der Waals surface area contributed by atoms with Crippen LogP contribution in [-0.2, 0) is 7.05 Å². The average Bonchev–Trinajstić information content (AvgIpc) is 2.60. The minimum absolute atomic E-state index is 0.00597. The number of hydrogen-bond donors (Lipinski definition) is 0. The molecular weight excluding hydrogens is 378 g/mol. The zero-order chi connectivity index (χ0) is 18.1. The average molecular weight is 398 g/mol. The van der Waals surface area contributed by atoms with Crippen LogP contribution in [0.2, 0.25) is 0 Å². The summed E-state index contributed by atoms with van der Waals surface area (Å²) in [4.78, 5) is 12.8. The van der Waals surface area contributed by atoms with Crippen LogP contribution in [0.1, 0.15) is 11.1 Å². The zero-order valence-corrected chi connectivity index (χ0v) is 16.2. The lowest BCUT2D eigenvalue weighted by Gasteiger charge is -2.19. The highest BCUT2D eigenvalue weighted by Crippen LogP contribution is 2.39. The minimum Gasteiger partial charge on any atom is -0.488 e. The second-order valence-electron chi connectivity index (χ2n) is 6.04. The molecule has 0 spiro atoms. The van der Waals surface area contributed by atoms with Gasteiger partial charge in [-0.15, -0.1) is 0 Å². The van der Waals surface area contributed by atoms with E-state index in [-0.39, 0.29) is 5.56 Å². The molecule has 0 N–H and O–H groups in total. The van der Waals surface area contributed by atoms with Crippen molar-refractivity contribution >= 4 is 26.8 Å². The minimum atomic E-state index is 0.00597. The number of benzene rings is 2. The number of aryl methyl sites for hydroxylation is 2. The van der Waals surface area contributed by atoms with Gasteiger partial charge in [-0.05, 0) is 47.0 Å². The summed E-state index contributed by atoms with van der Waals surface area (Å²) >= 11 is 3.63. The Labute approximate surface area is 155 Å². The highest BCUT2D eigenvalue weighted by Gasteiger charge is 2.19. The molecule has 1 aromatic heterocycles. The Kier molecular flexibility index (Phi) is 4.82. The third-order valence-electron chi connectivity index (χ3n) is 4.45. The highest BCUT2D eigenvalue weighted by molar-refractivity contribution is 9.10. The van der Waals surface area contributed by atoms with Gasteiger partial charge in [-0.2, -0.15) is 0 Å². The molecule has 0 fully saturated rings. The zero-order valence-electron chi connectivity index (χ0n) is 14.6. The number of ether oxygens (including phenoxy) is 1. The monoisotopic (exact) mass is 397 g/mol. The van der Waals surface area contributed by atoms with Gasteiger partial charge in [0, 0.05) is 23.6 Å². The van der Waals surface area contributed by atoms with Crippen molar-refractivity contribution < 1.29 is 4.74 Å². The Morgan fingerprint density at radius 2 is 1.88 bits per heavy atom. The van der Waals surface area contributed by atoms with Crippen LogP contribution in [-0.4, -0.2) is 11.2 Å². The Bertz CT molecular complexity index is 1020. The van der Waals surface area contributed by atoms with Gasteiger partial charge in [-0.3, -0.25) is 4.79 Å². The fourth-order valence-electron chi connectivity index (χ4n) is 3.33. The second-order valence-corrected chi connectivity index (χ2v) is 6.89. The first kappa shape index (κ1) is 17.5. The van der Waals surface area contributed by atoms with Crippen LogP contribution in [0.15, 0.2) is 58.3 Å². The number of hydrogen-bond acceptors (Lipinski definition) is 2. The summed E-state index contributed by atoms with van der Waals surface area (Å²) < 4.78 is 8.39. The number of halogens is 1. The third-order valence-corrected chi connectivity index (χ3v) is 5.04. The summed E-state index contributed by atoms with van der Waals surface area (Å²) in [6.07, 6.45) is 1.71. The summed E-state index contributed by atoms with van der Waals surface area (Å²) in [6, 6.07) is 12.1. The van der Waals surface area contributed by atoms with Gasteiger partial charge < -0.3 is 9.30 Å². The van der Waals surface area contributed by atoms with Crippen LogP contribution in [0, 0.1) is 13.8 Å². The first-order valence-electron chi connectivity index (χ1n) is 8.08. The van der Waals surface area contributed by atoms with Gasteiger partial charge in [0.2, 0.25) is 0 Å². The van der Waals surface area contributed by atoms with Crippen molar-refractivity contribution in [3.8, 4) is 16.9 Å². The molecular formula is C21H20BrNO2. The third kappa shape index (κ3) is 2.91. The fraction of sp³-hybridized carbons (Fsp3) is 0.190. The molecule has 128 valence electrons. The predicted octanol–water partition coefficient (Wildman–Crippen LogP) is 5.15. The molecule has 3 nitrogen and oxygen atoms in total. The lowest BCUT2D eigenvalue weighted by Crippen LogP contribution is -2.21. The van der Waals surface area contributed by atoms with Crippen LogP contribution in [0.5, 0.6) is 5.75 Å². The molecule has 0 aliphatic carbocycles. The molecule has 2 aromatic carbocycles. The van der Waals surface area contributed by atoms with E-state index >= 15 is 0 Å². The molecule has 3 aromatic rings. The van der Waals surface area contributed by atoms with E-state index in [1.54, 1.807) is 10.6 Å². The summed E-state index contributed by atoms with van der Waals surface area (Å²) in [7, 11) is 1.81. The molecule has 0 aliphatic heterocycles. The first-order valence-corrected chi connectivity index (χ1v) is 8.88. The van der Waals surface area contributed by atoms with Crippen LogP contribution in [0.4, 0.5) is 0 Å². The van der Waals surface area contributed by atoms with Gasteiger partial charge in [-0.25, -0.2) is 0 Å². The van der Waals surface area contributed by atoms with Crippen molar-refractivity contribution in [1.29, 1.82) is 0 Å². The molecule has 0 saturated heterocycles. The predicted molar refractivity (Wildman–Crippen MR) is 107 cm³/mol. The van der Waals surface area contributed by atoms with E-state index in [1.165, 1.54) is 0 Å². The Balaban J connectivity index is 2.46. The van der Waals surface area contributed by atoms with E-state index in [2.05, 4.69) is 22.5 Å². The summed E-state index contributed by atoms with van der Waals surface area (Å²) in [5.41, 5.74) is 4.57. The van der Waals surface area contributed by atoms with Gasteiger partial charge >= 0.3 is 0 Å². The summed E-state index contributed by atoms with van der Waals surface area (Å²) in [5.74, 6) is 0.741. The molecule has 0 unspecified atom stereocenters. The van der Waals surface area contributed by atoms with E-state index in [0.717, 1.165) is 43.4 Å². The quantitative estimate of drug-likeness (QED) is 0.570. The lowest BCUT2D eigenvalue weighted by atomic mass is 9.95. The van der Waals surface area contributed by atoms with Gasteiger partial charge in [0.1, 0.15) is 12.4 Å². The standard InChI is InChI=1S/C21H20BrNO2/c1-5-11-25-20-14(3)19-16(12-17(20)22)18(13(2)21(24)23(19)4)15-9-7-6-8-10-15/h5-10,12H,1,11H2,2-4H3. The van der Waals surface area contributed by atoms with Gasteiger partial charge in [0.25, 0.3) is 5.56 Å². The SMILES string of the molecule is C=CCOc1c(Br)cc2c(-c3ccccc3)c(C)c(=O)n(C)c2c1C. The number of rotatable bonds is 4. The van der Waals surface area contributed by atoms with Crippen LogP contribution in [0.25, 0.3) is 22.0 Å². The molecule has 25 heavy (non-hydrogen) atoms. The number of fused-ring (bicyclic) bond motifs is 1. The van der Waals surface area contributed by atoms with Crippen molar-refractivity contribution in [2.45, 2.75) is 13.8 Å². The number of pyridine rings is 1. The van der Waals surface area contributed by atoms with Crippen molar-refractivity contribution in [2.75, 3.05) is 6.61 Å². The molecule has 0 aliphatic rings. The van der Waals surface area contributed by atoms with E-state index in [1.807, 2.05) is 57.3 Å². The van der Waals surface area contributed by atoms with Gasteiger partial charge in [-0.1, -0.05) is 43.0 Å². The molecule has 0 amide bonds. The van der Waals surface area contributed by atoms with Crippen molar-refractivity contribution in [1.82, 2.24) is 4.57 Å². The largest absolute Gasteiger partial charge is 0.488 e. The van der Waals surface area contributed by atoms with E-state index < -0.39 is 0 Å². The van der Waals surface area contributed by atoms with E-state index in [4.69, 9.17) is 4.74 Å². The Hall–Kier alpha value is -2.33. The Morgan fingerprint density at radius 1 is 1.20 bits per heavy atom. The molecule has 0 saturated carbocycles. The maximum absolute atomic E-state index is 12.8. The molecule has 3 rings (SSSR count). The normalized spacial score (nSPS) is 10.9. The van der Waals surface area contributed by atoms with Crippen molar-refractivity contribution in [3.05, 3.63) is 75.0 Å². The summed E-state index contributed by atoms with van der Waals surface area (Å²) in [6.45, 7) is 7.98. The topological polar surface area (TPSA) is 31.2 Å². The number of nitrogens with zero attached hydrogens (tertiary/aromatic N) is 1. The van der Waals surface area contributed by atoms with Gasteiger partial charge in [0.05, 0.1) is 9.99 Å². The molecule has 4 heteroatoms. The van der Waals surface area contributed by atoms with Crippen molar-refractivity contribution in [2.24, 2.45) is 7.05 Å². The number of aromatic nitrogens is 1. The maximum atomic E-state index is 12.8. The van der Waals surface area contributed by atoms with E-state index in [0.29, 0.717) is 6.61 Å². The molecule has 0 radical (unpaired) electrons. The van der Waals surface area contributed by atoms with Crippen LogP contribution < -0.4 is 10.3 Å². The second kappa shape index (κ2) is 6.89. The smallest absolute Gasteiger partial charge is 0.254 e.